The monoisotopic (exact) mass is 223 g/mol. The average Bonchev–Trinajstić information content (AvgIpc) is 2.65. The van der Waals surface area contributed by atoms with Crippen molar-refractivity contribution in [2.45, 2.75) is 58.9 Å². The molecule has 2 atom stereocenters. The molecule has 1 saturated carbocycles. The van der Waals surface area contributed by atoms with Gasteiger partial charge in [0.2, 0.25) is 0 Å². The smallest absolute Gasteiger partial charge is 0.152 e. The Balaban J connectivity index is 1.96. The van der Waals surface area contributed by atoms with E-state index in [1.807, 2.05) is 20.8 Å². The quantitative estimate of drug-likeness (QED) is 0.717. The SMILES string of the molecule is CC(C)(C)C(=O)CN1CCCC2CCCC21. The summed E-state index contributed by atoms with van der Waals surface area (Å²) >= 11 is 0. The first-order valence-electron chi connectivity index (χ1n) is 6.76. The van der Waals surface area contributed by atoms with Crippen LogP contribution in [0, 0.1) is 11.3 Å². The van der Waals surface area contributed by atoms with E-state index >= 15 is 0 Å². The standard InChI is InChI=1S/C14H25NO/c1-14(2,3)13(16)10-15-9-5-7-11-6-4-8-12(11)15/h11-12H,4-10H2,1-3H3. The molecule has 0 aromatic carbocycles. The van der Waals surface area contributed by atoms with Crippen LogP contribution in [-0.4, -0.2) is 29.8 Å². The van der Waals surface area contributed by atoms with Crippen molar-refractivity contribution in [1.82, 2.24) is 4.90 Å². The predicted octanol–water partition coefficient (Wildman–Crippen LogP) is 2.87. The second kappa shape index (κ2) is 4.48. The van der Waals surface area contributed by atoms with Crippen LogP contribution in [-0.2, 0) is 4.79 Å². The third-order valence-electron chi connectivity index (χ3n) is 4.29. The number of fused-ring (bicyclic) bond motifs is 1. The molecule has 2 rings (SSSR count). The fraction of sp³-hybridized carbons (Fsp3) is 0.929. The van der Waals surface area contributed by atoms with E-state index in [4.69, 9.17) is 0 Å². The molecule has 2 nitrogen and oxygen atoms in total. The zero-order chi connectivity index (χ0) is 11.8. The molecule has 2 aliphatic rings. The van der Waals surface area contributed by atoms with Crippen molar-refractivity contribution in [3.8, 4) is 0 Å². The third-order valence-corrected chi connectivity index (χ3v) is 4.29. The van der Waals surface area contributed by atoms with Crippen molar-refractivity contribution in [1.29, 1.82) is 0 Å². The first-order chi connectivity index (χ1) is 7.48. The molecule has 0 bridgehead atoms. The van der Waals surface area contributed by atoms with Crippen LogP contribution in [0.3, 0.4) is 0 Å². The summed E-state index contributed by atoms with van der Waals surface area (Å²) in [6, 6.07) is 0.722. The summed E-state index contributed by atoms with van der Waals surface area (Å²) in [6.07, 6.45) is 6.77. The lowest BCUT2D eigenvalue weighted by Gasteiger charge is -2.38. The number of hydrogen-bond acceptors (Lipinski definition) is 2. The Kier molecular flexibility index (Phi) is 3.39. The highest BCUT2D eigenvalue weighted by Gasteiger charge is 2.36. The number of carbonyl (C=O) groups is 1. The van der Waals surface area contributed by atoms with E-state index in [2.05, 4.69) is 4.90 Å². The fourth-order valence-corrected chi connectivity index (χ4v) is 3.18. The molecular weight excluding hydrogens is 198 g/mol. The lowest BCUT2D eigenvalue weighted by atomic mass is 9.87. The molecule has 92 valence electrons. The van der Waals surface area contributed by atoms with E-state index in [-0.39, 0.29) is 5.41 Å². The minimum Gasteiger partial charge on any atom is -0.298 e. The number of carbonyl (C=O) groups excluding carboxylic acids is 1. The van der Waals surface area contributed by atoms with E-state index in [0.29, 0.717) is 12.3 Å². The molecule has 0 spiro atoms. The minimum absolute atomic E-state index is 0.175. The number of nitrogens with zero attached hydrogens (tertiary/aromatic N) is 1. The molecule has 1 aliphatic carbocycles. The largest absolute Gasteiger partial charge is 0.298 e. The zero-order valence-electron chi connectivity index (χ0n) is 11.0. The van der Waals surface area contributed by atoms with Crippen LogP contribution in [0.25, 0.3) is 0 Å². The van der Waals surface area contributed by atoms with Gasteiger partial charge in [0.05, 0.1) is 6.54 Å². The van der Waals surface area contributed by atoms with Crippen molar-refractivity contribution in [2.75, 3.05) is 13.1 Å². The molecule has 0 N–H and O–H groups in total. The van der Waals surface area contributed by atoms with Crippen molar-refractivity contribution >= 4 is 5.78 Å². The van der Waals surface area contributed by atoms with Gasteiger partial charge in [0, 0.05) is 11.5 Å². The first kappa shape index (κ1) is 12.1. The second-order valence-electron chi connectivity index (χ2n) is 6.54. The molecule has 2 unspecified atom stereocenters. The summed E-state index contributed by atoms with van der Waals surface area (Å²) < 4.78 is 0. The molecule has 0 aromatic rings. The maximum absolute atomic E-state index is 12.1. The van der Waals surface area contributed by atoms with Crippen molar-refractivity contribution in [3.63, 3.8) is 0 Å². The van der Waals surface area contributed by atoms with Crippen LogP contribution in [0.1, 0.15) is 52.9 Å². The number of likely N-dealkylation sites (tertiary alicyclic amines) is 1. The van der Waals surface area contributed by atoms with Gasteiger partial charge in [-0.25, -0.2) is 0 Å². The molecule has 2 fully saturated rings. The highest BCUT2D eigenvalue weighted by molar-refractivity contribution is 5.85. The minimum atomic E-state index is -0.175. The highest BCUT2D eigenvalue weighted by Crippen LogP contribution is 2.36. The van der Waals surface area contributed by atoms with Crippen molar-refractivity contribution < 1.29 is 4.79 Å². The van der Waals surface area contributed by atoms with Gasteiger partial charge >= 0.3 is 0 Å². The molecule has 1 saturated heterocycles. The Hall–Kier alpha value is -0.370. The normalized spacial score (nSPS) is 31.4. The topological polar surface area (TPSA) is 20.3 Å². The summed E-state index contributed by atoms with van der Waals surface area (Å²) in [4.78, 5) is 14.5. The molecule has 0 amide bonds. The average molecular weight is 223 g/mol. The number of Topliss-reactive ketones (excluding diaryl/α,β-unsaturated/α-hetero) is 1. The van der Waals surface area contributed by atoms with Gasteiger partial charge in [0.25, 0.3) is 0 Å². The van der Waals surface area contributed by atoms with E-state index in [1.165, 1.54) is 32.1 Å². The summed E-state index contributed by atoms with van der Waals surface area (Å²) in [5, 5.41) is 0. The van der Waals surface area contributed by atoms with E-state index in [1.54, 1.807) is 0 Å². The van der Waals surface area contributed by atoms with E-state index in [0.717, 1.165) is 18.5 Å². The van der Waals surface area contributed by atoms with Crippen molar-refractivity contribution in [2.24, 2.45) is 11.3 Å². The molecule has 2 heteroatoms. The molecule has 1 aliphatic heterocycles. The maximum Gasteiger partial charge on any atom is 0.152 e. The van der Waals surface area contributed by atoms with Crippen LogP contribution in [0.15, 0.2) is 0 Å². The Morgan fingerprint density at radius 3 is 2.56 bits per heavy atom. The zero-order valence-corrected chi connectivity index (χ0v) is 11.0. The second-order valence-corrected chi connectivity index (χ2v) is 6.54. The van der Waals surface area contributed by atoms with Gasteiger partial charge in [-0.2, -0.15) is 0 Å². The number of ketones is 1. The fourth-order valence-electron chi connectivity index (χ4n) is 3.18. The van der Waals surface area contributed by atoms with Crippen LogP contribution in [0.2, 0.25) is 0 Å². The molecular formula is C14H25NO. The van der Waals surface area contributed by atoms with Crippen LogP contribution >= 0.6 is 0 Å². The Labute approximate surface area is 99.4 Å². The lowest BCUT2D eigenvalue weighted by Crippen LogP contribution is -2.46. The Morgan fingerprint density at radius 1 is 1.19 bits per heavy atom. The molecule has 0 aromatic heterocycles. The van der Waals surface area contributed by atoms with Crippen molar-refractivity contribution in [3.05, 3.63) is 0 Å². The highest BCUT2D eigenvalue weighted by atomic mass is 16.1. The number of rotatable bonds is 2. The van der Waals surface area contributed by atoms with Gasteiger partial charge in [-0.05, 0) is 38.1 Å². The summed E-state index contributed by atoms with van der Waals surface area (Å²) in [5.41, 5.74) is -0.175. The van der Waals surface area contributed by atoms with Gasteiger partial charge in [0.1, 0.15) is 0 Å². The summed E-state index contributed by atoms with van der Waals surface area (Å²) in [6.45, 7) is 7.93. The molecule has 16 heavy (non-hydrogen) atoms. The predicted molar refractivity (Wildman–Crippen MR) is 66.4 cm³/mol. The van der Waals surface area contributed by atoms with Gasteiger partial charge in [-0.15, -0.1) is 0 Å². The molecule has 0 radical (unpaired) electrons. The van der Waals surface area contributed by atoms with Crippen LogP contribution in [0.5, 0.6) is 0 Å². The van der Waals surface area contributed by atoms with E-state index in [9.17, 15) is 4.79 Å². The maximum atomic E-state index is 12.1. The molecule has 1 heterocycles. The number of piperidine rings is 1. The van der Waals surface area contributed by atoms with Gasteiger partial charge in [0.15, 0.2) is 5.78 Å². The van der Waals surface area contributed by atoms with Gasteiger partial charge in [-0.3, -0.25) is 9.69 Å². The Bertz CT molecular complexity index is 266. The number of hydrogen-bond donors (Lipinski definition) is 0. The Morgan fingerprint density at radius 2 is 1.88 bits per heavy atom. The first-order valence-corrected chi connectivity index (χ1v) is 6.76. The lowest BCUT2D eigenvalue weighted by molar-refractivity contribution is -0.128. The van der Waals surface area contributed by atoms with Gasteiger partial charge < -0.3 is 0 Å². The van der Waals surface area contributed by atoms with Gasteiger partial charge in [-0.1, -0.05) is 27.2 Å². The summed E-state index contributed by atoms with van der Waals surface area (Å²) in [5.74, 6) is 1.29. The third kappa shape index (κ3) is 2.48. The summed E-state index contributed by atoms with van der Waals surface area (Å²) in [7, 11) is 0. The van der Waals surface area contributed by atoms with Crippen LogP contribution in [0.4, 0.5) is 0 Å². The van der Waals surface area contributed by atoms with E-state index < -0.39 is 0 Å². The van der Waals surface area contributed by atoms with Crippen LogP contribution < -0.4 is 0 Å².